The Morgan fingerprint density at radius 2 is 2.06 bits per heavy atom. The average Bonchev–Trinajstić information content (AvgIpc) is 2.24. The molecule has 16 heavy (non-hydrogen) atoms. The Hall–Kier alpha value is 0.492. The first-order chi connectivity index (χ1) is 7.72. The fraction of sp³-hybridized carbons (Fsp3) is 1.00. The molecule has 0 saturated carbocycles. The molecule has 0 aromatic heterocycles. The van der Waals surface area contributed by atoms with Crippen molar-refractivity contribution in [2.75, 3.05) is 0 Å². The Labute approximate surface area is 107 Å². The fourth-order valence-electron chi connectivity index (χ4n) is 2.69. The zero-order chi connectivity index (χ0) is 11.8. The molecule has 0 bridgehead atoms. The van der Waals surface area contributed by atoms with Gasteiger partial charge in [-0.25, -0.2) is 0 Å². The number of rotatable bonds is 7. The molecule has 1 atom stereocenters. The summed E-state index contributed by atoms with van der Waals surface area (Å²) in [6, 6.07) is 0. The molecule has 0 spiro atoms. The summed E-state index contributed by atoms with van der Waals surface area (Å²) >= 11 is -0.801. The van der Waals surface area contributed by atoms with Gasteiger partial charge in [0.1, 0.15) is 0 Å². The highest BCUT2D eigenvalue weighted by Crippen LogP contribution is 2.25. The van der Waals surface area contributed by atoms with Gasteiger partial charge in [-0.15, -0.1) is 0 Å². The minimum atomic E-state index is -0.801. The summed E-state index contributed by atoms with van der Waals surface area (Å²) in [6.07, 6.45) is 10.3. The van der Waals surface area contributed by atoms with Crippen LogP contribution in [0.1, 0.15) is 65.7 Å². The zero-order valence-electron chi connectivity index (χ0n) is 11.5. The fourth-order valence-corrected chi connectivity index (χ4v) is 5.73. The van der Waals surface area contributed by atoms with Crippen molar-refractivity contribution in [3.8, 4) is 0 Å². The first-order valence-electron chi connectivity index (χ1n) is 7.37. The Morgan fingerprint density at radius 1 is 1.25 bits per heavy atom. The Bertz CT molecular complexity index is 170. The molecule has 1 heterocycles. The lowest BCUT2D eigenvalue weighted by molar-refractivity contribution is 0.155. The number of hydrogen-bond acceptors (Lipinski definition) is 1. The molecule has 1 rings (SSSR count). The van der Waals surface area contributed by atoms with Crippen LogP contribution in [0, 0.1) is 5.92 Å². The van der Waals surface area contributed by atoms with Crippen molar-refractivity contribution in [2.24, 2.45) is 5.92 Å². The van der Waals surface area contributed by atoms with Crippen LogP contribution < -0.4 is 0 Å². The minimum absolute atomic E-state index is 0.640. The summed E-state index contributed by atoms with van der Waals surface area (Å²) in [4.78, 5) is 0. The molecule has 0 N–H and O–H groups in total. The van der Waals surface area contributed by atoms with Crippen LogP contribution in [0.2, 0.25) is 10.6 Å². The molecule has 1 nitrogen and oxygen atoms in total. The third-order valence-corrected chi connectivity index (χ3v) is 6.84. The largest absolute Gasteiger partial charge is 0.498 e. The van der Waals surface area contributed by atoms with E-state index in [-0.39, 0.29) is 0 Å². The molecule has 1 aliphatic rings. The summed E-state index contributed by atoms with van der Waals surface area (Å²) in [5, 5.41) is 2.83. The first-order valence-corrected chi connectivity index (χ1v) is 9.48. The highest BCUT2D eigenvalue weighted by molar-refractivity contribution is 6.52. The van der Waals surface area contributed by atoms with Crippen LogP contribution in [0.25, 0.3) is 0 Å². The van der Waals surface area contributed by atoms with Gasteiger partial charge < -0.3 is 3.79 Å². The van der Waals surface area contributed by atoms with Crippen LogP contribution in [0.4, 0.5) is 0 Å². The summed E-state index contributed by atoms with van der Waals surface area (Å²) in [5.74, 6) is 0.843. The number of unbranched alkanes of at least 4 members (excludes halogenated alkanes) is 3. The molecule has 0 aromatic rings. The summed E-state index contributed by atoms with van der Waals surface area (Å²) in [5.41, 5.74) is 0. The molecule has 1 fully saturated rings. The maximum absolute atomic E-state index is 6.32. The van der Waals surface area contributed by atoms with Crippen molar-refractivity contribution in [3.05, 3.63) is 0 Å². The van der Waals surface area contributed by atoms with Gasteiger partial charge in [-0.2, -0.15) is 0 Å². The molecule has 0 radical (unpaired) electrons. The standard InChI is InChI=1S/C10H20O.C4H9.Al/c1-3-5-6-7-9-10(11)8-4-2;1-4(2)3;/h10H,2-9H2,1H3;4H,1H2,2-3H3;/q-1;;+1. The minimum Gasteiger partial charge on any atom is -0.498 e. The molecule has 2 heteroatoms. The molecule has 1 saturated heterocycles. The predicted molar refractivity (Wildman–Crippen MR) is 73.1 cm³/mol. The van der Waals surface area contributed by atoms with Crippen LogP contribution in [0.15, 0.2) is 0 Å². The van der Waals surface area contributed by atoms with E-state index in [1.54, 1.807) is 0 Å². The first kappa shape index (κ1) is 14.6. The second-order valence-electron chi connectivity index (χ2n) is 5.79. The lowest BCUT2D eigenvalue weighted by atomic mass is 10.1. The van der Waals surface area contributed by atoms with E-state index in [2.05, 4.69) is 20.8 Å². The van der Waals surface area contributed by atoms with Crippen LogP contribution >= 0.6 is 0 Å². The van der Waals surface area contributed by atoms with Gasteiger partial charge >= 0.3 is 14.5 Å². The third-order valence-electron chi connectivity index (χ3n) is 3.55. The Kier molecular flexibility index (Phi) is 7.79. The lowest BCUT2D eigenvalue weighted by Gasteiger charge is -2.29. The summed E-state index contributed by atoms with van der Waals surface area (Å²) in [7, 11) is 0. The van der Waals surface area contributed by atoms with E-state index in [0.717, 1.165) is 5.92 Å². The zero-order valence-corrected chi connectivity index (χ0v) is 12.7. The molecule has 1 aliphatic heterocycles. The molecular formula is C14H29AlO. The molecule has 0 aromatic carbocycles. The van der Waals surface area contributed by atoms with E-state index in [1.807, 2.05) is 0 Å². The van der Waals surface area contributed by atoms with Crippen LogP contribution in [-0.2, 0) is 3.79 Å². The topological polar surface area (TPSA) is 9.23 Å². The Balaban J connectivity index is 2.12. The molecule has 1 unspecified atom stereocenters. The van der Waals surface area contributed by atoms with Gasteiger partial charge in [0, 0.05) is 6.10 Å². The summed E-state index contributed by atoms with van der Waals surface area (Å²) in [6.45, 7) is 6.95. The van der Waals surface area contributed by atoms with Gasteiger partial charge in [0.15, 0.2) is 0 Å². The van der Waals surface area contributed by atoms with Gasteiger partial charge in [0.25, 0.3) is 0 Å². The van der Waals surface area contributed by atoms with Crippen LogP contribution in [-0.4, -0.2) is 20.6 Å². The van der Waals surface area contributed by atoms with Crippen molar-refractivity contribution < 1.29 is 3.79 Å². The van der Waals surface area contributed by atoms with E-state index in [4.69, 9.17) is 3.79 Å². The summed E-state index contributed by atoms with van der Waals surface area (Å²) < 4.78 is 6.32. The van der Waals surface area contributed by atoms with Crippen molar-refractivity contribution in [3.63, 3.8) is 0 Å². The highest BCUT2D eigenvalue weighted by atomic mass is 27.2. The van der Waals surface area contributed by atoms with Crippen molar-refractivity contribution in [2.45, 2.75) is 82.4 Å². The second-order valence-corrected chi connectivity index (χ2v) is 8.35. The van der Waals surface area contributed by atoms with E-state index < -0.39 is 14.5 Å². The monoisotopic (exact) mass is 240 g/mol. The number of hydrogen-bond donors (Lipinski definition) is 0. The third kappa shape index (κ3) is 6.28. The van der Waals surface area contributed by atoms with Crippen LogP contribution in [0.5, 0.6) is 0 Å². The average molecular weight is 240 g/mol. The van der Waals surface area contributed by atoms with Crippen molar-refractivity contribution >= 4 is 14.5 Å². The lowest BCUT2D eigenvalue weighted by Crippen LogP contribution is -2.31. The van der Waals surface area contributed by atoms with E-state index in [0.29, 0.717) is 6.10 Å². The quantitative estimate of drug-likeness (QED) is 0.459. The van der Waals surface area contributed by atoms with Gasteiger partial charge in [-0.3, -0.25) is 0 Å². The van der Waals surface area contributed by atoms with Crippen molar-refractivity contribution in [1.82, 2.24) is 0 Å². The maximum Gasteiger partial charge on any atom is 0.461 e. The SMILES string of the molecule is CCCCCCC1CC[CH2][Al]([CH2]C(C)C)[O]1. The smallest absolute Gasteiger partial charge is 0.461 e. The van der Waals surface area contributed by atoms with Gasteiger partial charge in [0.2, 0.25) is 0 Å². The molecule has 0 aliphatic carbocycles. The molecule has 94 valence electrons. The normalized spacial score (nSPS) is 21.8. The van der Waals surface area contributed by atoms with Gasteiger partial charge in [-0.05, 0) is 12.8 Å². The maximum atomic E-state index is 6.32. The molecule has 0 amide bonds. The van der Waals surface area contributed by atoms with Crippen LogP contribution in [0.3, 0.4) is 0 Å². The molecular weight excluding hydrogens is 211 g/mol. The van der Waals surface area contributed by atoms with E-state index in [9.17, 15) is 0 Å². The van der Waals surface area contributed by atoms with Crippen molar-refractivity contribution in [1.29, 1.82) is 0 Å². The van der Waals surface area contributed by atoms with Gasteiger partial charge in [0.05, 0.1) is 0 Å². The Morgan fingerprint density at radius 3 is 2.75 bits per heavy atom. The van der Waals surface area contributed by atoms with E-state index >= 15 is 0 Å². The highest BCUT2D eigenvalue weighted by Gasteiger charge is 2.29. The van der Waals surface area contributed by atoms with Gasteiger partial charge in [-0.1, -0.05) is 69.4 Å². The van der Waals surface area contributed by atoms with E-state index in [1.165, 1.54) is 55.5 Å². The predicted octanol–water partition coefficient (Wildman–Crippen LogP) is 4.78. The second kappa shape index (κ2) is 8.56.